The molecule has 0 radical (unpaired) electrons. The first-order valence-corrected chi connectivity index (χ1v) is 8.41. The van der Waals surface area contributed by atoms with Gasteiger partial charge >= 0.3 is 0 Å². The molecule has 112 valence electrons. The van der Waals surface area contributed by atoms with E-state index < -0.39 is 0 Å². The molecule has 0 bridgehead atoms. The van der Waals surface area contributed by atoms with Crippen LogP contribution in [-0.2, 0) is 0 Å². The van der Waals surface area contributed by atoms with Crippen molar-refractivity contribution >= 4 is 32.7 Å². The lowest BCUT2D eigenvalue weighted by Gasteiger charge is -2.29. The first-order chi connectivity index (χ1) is 10.2. The SMILES string of the molecule is CC(CN1CCCCC1)Nc1ccnc2cc(Br)cnc12. The van der Waals surface area contributed by atoms with Gasteiger partial charge in [-0.15, -0.1) is 0 Å². The summed E-state index contributed by atoms with van der Waals surface area (Å²) in [5.74, 6) is 0. The Labute approximate surface area is 134 Å². The third-order valence-electron chi connectivity index (χ3n) is 3.93. The molecule has 4 nitrogen and oxygen atoms in total. The average molecular weight is 349 g/mol. The molecular weight excluding hydrogens is 328 g/mol. The quantitative estimate of drug-likeness (QED) is 0.914. The molecule has 1 atom stereocenters. The number of hydrogen-bond acceptors (Lipinski definition) is 4. The fraction of sp³-hybridized carbons (Fsp3) is 0.500. The number of halogens is 1. The van der Waals surface area contributed by atoms with Gasteiger partial charge in [0.25, 0.3) is 0 Å². The number of hydrogen-bond donors (Lipinski definition) is 1. The van der Waals surface area contributed by atoms with Gasteiger partial charge in [-0.05, 0) is 60.9 Å². The van der Waals surface area contributed by atoms with Crippen LogP contribution >= 0.6 is 15.9 Å². The summed E-state index contributed by atoms with van der Waals surface area (Å²) in [6.45, 7) is 5.78. The molecule has 0 aliphatic carbocycles. The van der Waals surface area contributed by atoms with E-state index in [-0.39, 0.29) is 0 Å². The Morgan fingerprint density at radius 1 is 1.29 bits per heavy atom. The van der Waals surface area contributed by atoms with E-state index >= 15 is 0 Å². The Balaban J connectivity index is 1.71. The minimum atomic E-state index is 0.402. The van der Waals surface area contributed by atoms with Crippen molar-refractivity contribution in [3.05, 3.63) is 29.0 Å². The number of piperidine rings is 1. The molecule has 1 aliphatic rings. The van der Waals surface area contributed by atoms with E-state index in [1.807, 2.05) is 24.5 Å². The summed E-state index contributed by atoms with van der Waals surface area (Å²) in [6, 6.07) is 4.41. The van der Waals surface area contributed by atoms with E-state index in [0.717, 1.165) is 27.7 Å². The fourth-order valence-electron chi connectivity index (χ4n) is 2.96. The van der Waals surface area contributed by atoms with E-state index in [9.17, 15) is 0 Å². The van der Waals surface area contributed by atoms with E-state index in [2.05, 4.69) is 43.0 Å². The van der Waals surface area contributed by atoms with Gasteiger partial charge in [0.2, 0.25) is 0 Å². The number of likely N-dealkylation sites (tertiary alicyclic amines) is 1. The van der Waals surface area contributed by atoms with Gasteiger partial charge in [-0.3, -0.25) is 9.97 Å². The Hall–Kier alpha value is -1.20. The maximum atomic E-state index is 4.50. The number of nitrogens with one attached hydrogen (secondary N) is 1. The van der Waals surface area contributed by atoms with Crippen molar-refractivity contribution in [2.75, 3.05) is 25.0 Å². The third kappa shape index (κ3) is 3.71. The van der Waals surface area contributed by atoms with Crippen molar-refractivity contribution < 1.29 is 0 Å². The summed E-state index contributed by atoms with van der Waals surface area (Å²) >= 11 is 3.44. The zero-order valence-electron chi connectivity index (χ0n) is 12.3. The standard InChI is InChI=1S/C16H21BrN4/c1-12(11-21-7-3-2-4-8-21)20-14-5-6-18-15-9-13(17)10-19-16(14)15/h5-6,9-10,12H,2-4,7-8,11H2,1H3,(H,18,20). The largest absolute Gasteiger partial charge is 0.379 e. The van der Waals surface area contributed by atoms with Gasteiger partial charge in [0.15, 0.2) is 0 Å². The lowest BCUT2D eigenvalue weighted by molar-refractivity contribution is 0.223. The second-order valence-corrected chi connectivity index (χ2v) is 6.70. The topological polar surface area (TPSA) is 41.0 Å². The van der Waals surface area contributed by atoms with Crippen LogP contribution in [0.1, 0.15) is 26.2 Å². The lowest BCUT2D eigenvalue weighted by Crippen LogP contribution is -2.38. The smallest absolute Gasteiger partial charge is 0.112 e. The Morgan fingerprint density at radius 3 is 2.90 bits per heavy atom. The number of fused-ring (bicyclic) bond motifs is 1. The van der Waals surface area contributed by atoms with Crippen LogP contribution < -0.4 is 5.32 Å². The highest BCUT2D eigenvalue weighted by Crippen LogP contribution is 2.22. The molecule has 2 aromatic heterocycles. The van der Waals surface area contributed by atoms with Gasteiger partial charge in [0.05, 0.1) is 11.2 Å². The highest BCUT2D eigenvalue weighted by Gasteiger charge is 2.14. The highest BCUT2D eigenvalue weighted by atomic mass is 79.9. The predicted molar refractivity (Wildman–Crippen MR) is 90.6 cm³/mol. The minimum Gasteiger partial charge on any atom is -0.379 e. The molecule has 1 saturated heterocycles. The molecule has 3 heterocycles. The molecule has 1 N–H and O–H groups in total. The summed E-state index contributed by atoms with van der Waals surface area (Å²) in [5.41, 5.74) is 2.92. The normalized spacial score (nSPS) is 17.8. The second-order valence-electron chi connectivity index (χ2n) is 5.79. The molecule has 1 aliphatic heterocycles. The number of anilines is 1. The van der Waals surface area contributed by atoms with Crippen LogP contribution in [0.5, 0.6) is 0 Å². The van der Waals surface area contributed by atoms with Crippen LogP contribution in [0.3, 0.4) is 0 Å². The van der Waals surface area contributed by atoms with Gasteiger partial charge < -0.3 is 10.2 Å². The van der Waals surface area contributed by atoms with Crippen molar-refractivity contribution in [1.29, 1.82) is 0 Å². The fourth-order valence-corrected chi connectivity index (χ4v) is 3.28. The summed E-state index contributed by atoms with van der Waals surface area (Å²) in [4.78, 5) is 11.4. The zero-order valence-corrected chi connectivity index (χ0v) is 13.9. The van der Waals surface area contributed by atoms with Crippen LogP contribution in [-0.4, -0.2) is 40.5 Å². The van der Waals surface area contributed by atoms with E-state index in [1.54, 1.807) is 0 Å². The van der Waals surface area contributed by atoms with Crippen molar-refractivity contribution in [2.24, 2.45) is 0 Å². The van der Waals surface area contributed by atoms with Gasteiger partial charge in [-0.1, -0.05) is 6.42 Å². The molecule has 0 aromatic carbocycles. The molecule has 3 rings (SSSR count). The van der Waals surface area contributed by atoms with Crippen LogP contribution in [0.25, 0.3) is 11.0 Å². The van der Waals surface area contributed by atoms with Gasteiger partial charge in [0.1, 0.15) is 5.52 Å². The zero-order chi connectivity index (χ0) is 14.7. The van der Waals surface area contributed by atoms with E-state index in [0.29, 0.717) is 6.04 Å². The van der Waals surface area contributed by atoms with Crippen molar-refractivity contribution in [3.8, 4) is 0 Å². The maximum absolute atomic E-state index is 4.50. The van der Waals surface area contributed by atoms with Gasteiger partial charge in [0, 0.05) is 29.5 Å². The molecule has 2 aromatic rings. The van der Waals surface area contributed by atoms with E-state index in [1.165, 1.54) is 32.4 Å². The number of pyridine rings is 2. The molecule has 0 amide bonds. The van der Waals surface area contributed by atoms with Crippen LogP contribution in [0.2, 0.25) is 0 Å². The van der Waals surface area contributed by atoms with Crippen molar-refractivity contribution in [2.45, 2.75) is 32.2 Å². The Bertz CT molecular complexity index is 610. The monoisotopic (exact) mass is 348 g/mol. The first kappa shape index (κ1) is 14.7. The summed E-state index contributed by atoms with van der Waals surface area (Å²) in [7, 11) is 0. The molecule has 1 fully saturated rings. The predicted octanol–water partition coefficient (Wildman–Crippen LogP) is 3.68. The molecule has 0 saturated carbocycles. The molecular formula is C16H21BrN4. The number of nitrogens with zero attached hydrogens (tertiary/aromatic N) is 3. The van der Waals surface area contributed by atoms with Crippen LogP contribution in [0.15, 0.2) is 29.0 Å². The number of rotatable bonds is 4. The highest BCUT2D eigenvalue weighted by molar-refractivity contribution is 9.10. The molecule has 21 heavy (non-hydrogen) atoms. The Kier molecular flexibility index (Phi) is 4.70. The van der Waals surface area contributed by atoms with Crippen molar-refractivity contribution in [1.82, 2.24) is 14.9 Å². The second kappa shape index (κ2) is 6.71. The van der Waals surface area contributed by atoms with E-state index in [4.69, 9.17) is 0 Å². The van der Waals surface area contributed by atoms with Gasteiger partial charge in [-0.25, -0.2) is 0 Å². The summed E-state index contributed by atoms with van der Waals surface area (Å²) in [6.07, 6.45) is 7.71. The number of aromatic nitrogens is 2. The first-order valence-electron chi connectivity index (χ1n) is 7.61. The molecule has 5 heteroatoms. The van der Waals surface area contributed by atoms with Crippen LogP contribution in [0.4, 0.5) is 5.69 Å². The molecule has 0 spiro atoms. The summed E-state index contributed by atoms with van der Waals surface area (Å²) in [5, 5.41) is 3.59. The average Bonchev–Trinajstić information content (AvgIpc) is 2.48. The van der Waals surface area contributed by atoms with Crippen molar-refractivity contribution in [3.63, 3.8) is 0 Å². The molecule has 1 unspecified atom stereocenters. The third-order valence-corrected chi connectivity index (χ3v) is 4.36. The minimum absolute atomic E-state index is 0.402. The van der Waals surface area contributed by atoms with Gasteiger partial charge in [-0.2, -0.15) is 0 Å². The maximum Gasteiger partial charge on any atom is 0.112 e. The van der Waals surface area contributed by atoms with Crippen LogP contribution in [0, 0.1) is 0 Å². The lowest BCUT2D eigenvalue weighted by atomic mass is 10.1. The Morgan fingerprint density at radius 2 is 2.10 bits per heavy atom. The summed E-state index contributed by atoms with van der Waals surface area (Å²) < 4.78 is 0.959.